The summed E-state index contributed by atoms with van der Waals surface area (Å²) in [7, 11) is 0. The molecule has 7 nitrogen and oxygen atoms in total. The van der Waals surface area contributed by atoms with Crippen LogP contribution >= 0.6 is 0 Å². The third kappa shape index (κ3) is 6.94. The zero-order valence-corrected chi connectivity index (χ0v) is 12.8. The van der Waals surface area contributed by atoms with E-state index in [4.69, 9.17) is 10.5 Å². The number of carbonyl (C=O) groups excluding carboxylic acids is 2. The summed E-state index contributed by atoms with van der Waals surface area (Å²) in [6.45, 7) is 0.237. The summed E-state index contributed by atoms with van der Waals surface area (Å²) < 4.78 is 0. The molecule has 1 aliphatic carbocycles. The molecule has 1 rings (SSSR count). The first-order valence-electron chi connectivity index (χ1n) is 7.73. The Balaban J connectivity index is 2.15. The Morgan fingerprint density at radius 1 is 1.09 bits per heavy atom. The van der Waals surface area contributed by atoms with E-state index in [0.29, 0.717) is 13.0 Å². The number of carbonyl (C=O) groups is 2. The van der Waals surface area contributed by atoms with Crippen LogP contribution in [0.1, 0.15) is 44.9 Å². The molecule has 0 radical (unpaired) electrons. The summed E-state index contributed by atoms with van der Waals surface area (Å²) in [5.41, 5.74) is 0. The van der Waals surface area contributed by atoms with Gasteiger partial charge in [-0.25, -0.2) is 4.79 Å². The van der Waals surface area contributed by atoms with Gasteiger partial charge < -0.3 is 15.5 Å². The number of urea groups is 1. The van der Waals surface area contributed by atoms with Crippen LogP contribution in [0.2, 0.25) is 0 Å². The van der Waals surface area contributed by atoms with Crippen molar-refractivity contribution >= 4 is 11.9 Å². The van der Waals surface area contributed by atoms with Crippen molar-refractivity contribution in [3.63, 3.8) is 0 Å². The molecule has 0 heterocycles. The van der Waals surface area contributed by atoms with Crippen LogP contribution in [0, 0.1) is 22.7 Å². The van der Waals surface area contributed by atoms with Crippen LogP contribution in [0.4, 0.5) is 4.79 Å². The molecule has 1 aliphatic rings. The molecule has 1 fully saturated rings. The minimum atomic E-state index is -0.238. The number of nitrogens with one attached hydrogen (secondary N) is 2. The first-order chi connectivity index (χ1) is 10.7. The van der Waals surface area contributed by atoms with E-state index >= 15 is 0 Å². The summed E-state index contributed by atoms with van der Waals surface area (Å²) in [4.78, 5) is 24.7. The van der Waals surface area contributed by atoms with Crippen LogP contribution in [0.5, 0.6) is 0 Å². The molecule has 0 bridgehead atoms. The first kappa shape index (κ1) is 17.8. The minimum Gasteiger partial charge on any atom is -0.338 e. The van der Waals surface area contributed by atoms with Crippen LogP contribution in [0.15, 0.2) is 0 Å². The molecule has 0 aromatic rings. The summed E-state index contributed by atoms with van der Waals surface area (Å²) in [6.07, 6.45) is 6.33. The van der Waals surface area contributed by atoms with Gasteiger partial charge in [-0.05, 0) is 19.3 Å². The number of nitriles is 2. The highest BCUT2D eigenvalue weighted by Gasteiger charge is 2.15. The lowest BCUT2D eigenvalue weighted by molar-refractivity contribution is -0.130. The molecule has 22 heavy (non-hydrogen) atoms. The largest absolute Gasteiger partial charge is 0.338 e. The Hall–Kier alpha value is -2.28. The summed E-state index contributed by atoms with van der Waals surface area (Å²) >= 11 is 0. The molecule has 3 amide bonds. The van der Waals surface area contributed by atoms with E-state index in [0.717, 1.165) is 25.7 Å². The predicted molar refractivity (Wildman–Crippen MR) is 80.4 cm³/mol. The van der Waals surface area contributed by atoms with E-state index in [-0.39, 0.29) is 37.5 Å². The van der Waals surface area contributed by atoms with Gasteiger partial charge in [0, 0.05) is 19.0 Å². The monoisotopic (exact) mass is 305 g/mol. The van der Waals surface area contributed by atoms with Gasteiger partial charge in [-0.15, -0.1) is 0 Å². The Morgan fingerprint density at radius 2 is 1.73 bits per heavy atom. The second-order valence-corrected chi connectivity index (χ2v) is 5.40. The molecule has 7 heteroatoms. The predicted octanol–water partition coefficient (Wildman–Crippen LogP) is 1.27. The van der Waals surface area contributed by atoms with Crippen molar-refractivity contribution < 1.29 is 9.59 Å². The topological polar surface area (TPSA) is 109 Å². The van der Waals surface area contributed by atoms with Crippen molar-refractivity contribution in [1.29, 1.82) is 10.5 Å². The van der Waals surface area contributed by atoms with Gasteiger partial charge in [-0.2, -0.15) is 10.5 Å². The third-order valence-corrected chi connectivity index (χ3v) is 3.67. The maximum Gasteiger partial charge on any atom is 0.315 e. The Morgan fingerprint density at radius 3 is 2.32 bits per heavy atom. The highest BCUT2D eigenvalue weighted by molar-refractivity contribution is 5.77. The standard InChI is InChI=1S/C15H23N5O2/c16-8-11-20(12-9-17)14(21)7-4-10-18-15(22)19-13-5-2-1-3-6-13/h13H,1-7,10-12H2,(H2,18,19,22). The molecule has 0 unspecified atom stereocenters. The molecular formula is C15H23N5O2. The molecule has 1 saturated carbocycles. The smallest absolute Gasteiger partial charge is 0.315 e. The molecule has 0 saturated heterocycles. The highest BCUT2D eigenvalue weighted by atomic mass is 16.2. The lowest BCUT2D eigenvalue weighted by Gasteiger charge is -2.22. The van der Waals surface area contributed by atoms with Gasteiger partial charge >= 0.3 is 6.03 Å². The van der Waals surface area contributed by atoms with Crippen LogP contribution in [-0.4, -0.2) is 42.5 Å². The average Bonchev–Trinajstić information content (AvgIpc) is 2.52. The normalized spacial score (nSPS) is 14.5. The average molecular weight is 305 g/mol. The second-order valence-electron chi connectivity index (χ2n) is 5.40. The van der Waals surface area contributed by atoms with E-state index in [2.05, 4.69) is 10.6 Å². The van der Waals surface area contributed by atoms with Gasteiger partial charge in [-0.1, -0.05) is 19.3 Å². The van der Waals surface area contributed by atoms with E-state index < -0.39 is 0 Å². The fourth-order valence-electron chi connectivity index (χ4n) is 2.49. The highest BCUT2D eigenvalue weighted by Crippen LogP contribution is 2.17. The van der Waals surface area contributed by atoms with Crippen LogP contribution in [0.3, 0.4) is 0 Å². The molecular weight excluding hydrogens is 282 g/mol. The summed E-state index contributed by atoms with van der Waals surface area (Å²) in [5, 5.41) is 22.9. The molecule has 0 aromatic carbocycles. The zero-order valence-electron chi connectivity index (χ0n) is 12.8. The fourth-order valence-corrected chi connectivity index (χ4v) is 2.49. The molecule has 0 aliphatic heterocycles. The zero-order chi connectivity index (χ0) is 16.2. The summed E-state index contributed by atoms with van der Waals surface area (Å²) in [5.74, 6) is -0.238. The lowest BCUT2D eigenvalue weighted by Crippen LogP contribution is -2.43. The van der Waals surface area contributed by atoms with E-state index in [1.807, 2.05) is 12.1 Å². The van der Waals surface area contributed by atoms with Crippen molar-refractivity contribution in [3.05, 3.63) is 0 Å². The molecule has 2 N–H and O–H groups in total. The molecule has 0 atom stereocenters. The minimum absolute atomic E-state index is 0.0814. The molecule has 0 aromatic heterocycles. The number of hydrogen-bond donors (Lipinski definition) is 2. The van der Waals surface area contributed by atoms with Gasteiger partial charge in [0.1, 0.15) is 13.1 Å². The lowest BCUT2D eigenvalue weighted by atomic mass is 9.96. The third-order valence-electron chi connectivity index (χ3n) is 3.67. The fraction of sp³-hybridized carbons (Fsp3) is 0.733. The molecule has 120 valence electrons. The van der Waals surface area contributed by atoms with Gasteiger partial charge in [0.05, 0.1) is 12.1 Å². The Bertz CT molecular complexity index is 430. The van der Waals surface area contributed by atoms with Gasteiger partial charge in [-0.3, -0.25) is 4.79 Å². The maximum atomic E-state index is 11.8. The number of nitrogens with zero attached hydrogens (tertiary/aromatic N) is 3. The van der Waals surface area contributed by atoms with E-state index in [1.54, 1.807) is 0 Å². The van der Waals surface area contributed by atoms with Crippen molar-refractivity contribution in [2.75, 3.05) is 19.6 Å². The van der Waals surface area contributed by atoms with Crippen LogP contribution in [-0.2, 0) is 4.79 Å². The van der Waals surface area contributed by atoms with Crippen molar-refractivity contribution in [1.82, 2.24) is 15.5 Å². The van der Waals surface area contributed by atoms with Gasteiger partial charge in [0.2, 0.25) is 5.91 Å². The Kier molecular flexibility index (Phi) is 8.44. The summed E-state index contributed by atoms with van der Waals surface area (Å²) in [6, 6.07) is 3.80. The second kappa shape index (κ2) is 10.4. The number of amides is 3. The van der Waals surface area contributed by atoms with Crippen molar-refractivity contribution in [2.24, 2.45) is 0 Å². The van der Waals surface area contributed by atoms with Gasteiger partial charge in [0.15, 0.2) is 0 Å². The first-order valence-corrected chi connectivity index (χ1v) is 7.73. The van der Waals surface area contributed by atoms with E-state index in [9.17, 15) is 9.59 Å². The Labute approximate surface area is 131 Å². The van der Waals surface area contributed by atoms with Crippen LogP contribution < -0.4 is 10.6 Å². The number of hydrogen-bond acceptors (Lipinski definition) is 4. The van der Waals surface area contributed by atoms with Crippen molar-refractivity contribution in [2.45, 2.75) is 51.0 Å². The van der Waals surface area contributed by atoms with E-state index in [1.165, 1.54) is 11.3 Å². The van der Waals surface area contributed by atoms with Crippen LogP contribution in [0.25, 0.3) is 0 Å². The number of rotatable bonds is 7. The molecule has 0 spiro atoms. The van der Waals surface area contributed by atoms with Crippen molar-refractivity contribution in [3.8, 4) is 12.1 Å². The SMILES string of the molecule is N#CCN(CC#N)C(=O)CCCNC(=O)NC1CCCCC1. The maximum absolute atomic E-state index is 11.8. The quantitative estimate of drug-likeness (QED) is 0.545. The van der Waals surface area contributed by atoms with Gasteiger partial charge in [0.25, 0.3) is 0 Å².